The zero-order valence-corrected chi connectivity index (χ0v) is 38.8. The van der Waals surface area contributed by atoms with E-state index in [1.165, 1.54) is 32.1 Å². The van der Waals surface area contributed by atoms with Crippen LogP contribution < -0.4 is 0 Å². The summed E-state index contributed by atoms with van der Waals surface area (Å²) in [6, 6.07) is 0. The maximum atomic E-state index is 12.9. The van der Waals surface area contributed by atoms with Crippen LogP contribution in [0.3, 0.4) is 0 Å². The van der Waals surface area contributed by atoms with Gasteiger partial charge in [-0.1, -0.05) is 140 Å². The molecule has 0 aliphatic carbocycles. The number of rotatable bonds is 36. The van der Waals surface area contributed by atoms with Gasteiger partial charge in [-0.25, -0.2) is 0 Å². The fourth-order valence-electron chi connectivity index (χ4n) is 7.32. The van der Waals surface area contributed by atoms with Crippen LogP contribution in [0.15, 0.2) is 48.6 Å². The van der Waals surface area contributed by atoms with Crippen LogP contribution >= 0.6 is 0 Å². The number of aliphatic hydroxyl groups is 7. The Morgan fingerprint density at radius 3 is 1.55 bits per heavy atom. The quantitative estimate of drug-likeness (QED) is 0.0220. The highest BCUT2D eigenvalue weighted by Gasteiger charge is 2.47. The average Bonchev–Trinajstić information content (AvgIpc) is 3.29. The van der Waals surface area contributed by atoms with E-state index >= 15 is 0 Å². The summed E-state index contributed by atoms with van der Waals surface area (Å²) in [5.74, 6) is -0.943. The fourth-order valence-corrected chi connectivity index (χ4v) is 7.32. The highest BCUT2D eigenvalue weighted by Crippen LogP contribution is 2.26. The summed E-state index contributed by atoms with van der Waals surface area (Å²) in [6.07, 6.45) is 21.7. The zero-order valence-electron chi connectivity index (χ0n) is 38.8. The van der Waals surface area contributed by atoms with Crippen molar-refractivity contribution in [3.8, 4) is 0 Å². The number of ether oxygens (including phenoxy) is 6. The van der Waals surface area contributed by atoms with Crippen molar-refractivity contribution in [2.45, 2.75) is 223 Å². The Balaban J connectivity index is 1.77. The van der Waals surface area contributed by atoms with Gasteiger partial charge in [-0.15, -0.1) is 0 Å². The normalized spacial score (nSPS) is 27.0. The van der Waals surface area contributed by atoms with Crippen LogP contribution in [-0.4, -0.2) is 142 Å². The van der Waals surface area contributed by atoms with Crippen molar-refractivity contribution in [1.82, 2.24) is 0 Å². The molecule has 0 radical (unpaired) electrons. The highest BCUT2D eigenvalue weighted by molar-refractivity contribution is 5.70. The molecule has 0 saturated carbocycles. The molecule has 0 aromatic carbocycles. The van der Waals surface area contributed by atoms with Crippen molar-refractivity contribution < 1.29 is 73.8 Å². The minimum absolute atomic E-state index is 0.155. The van der Waals surface area contributed by atoms with Crippen LogP contribution in [0.4, 0.5) is 0 Å². The monoisotopic (exact) mass is 913 g/mol. The second kappa shape index (κ2) is 36.6. The molecule has 64 heavy (non-hydrogen) atoms. The molecule has 2 heterocycles. The van der Waals surface area contributed by atoms with E-state index in [1.807, 2.05) is 0 Å². The van der Waals surface area contributed by atoms with Gasteiger partial charge in [-0.3, -0.25) is 9.59 Å². The minimum atomic E-state index is -1.76. The van der Waals surface area contributed by atoms with Crippen molar-refractivity contribution in [3.63, 3.8) is 0 Å². The first-order valence-corrected chi connectivity index (χ1v) is 24.2. The van der Waals surface area contributed by atoms with E-state index in [0.29, 0.717) is 12.8 Å². The third-order valence-electron chi connectivity index (χ3n) is 11.3. The highest BCUT2D eigenvalue weighted by atomic mass is 16.7. The predicted molar refractivity (Wildman–Crippen MR) is 243 cm³/mol. The molecule has 11 unspecified atom stereocenters. The van der Waals surface area contributed by atoms with Gasteiger partial charge in [0.1, 0.15) is 55.4 Å². The first kappa shape index (κ1) is 57.6. The molecule has 2 saturated heterocycles. The van der Waals surface area contributed by atoms with E-state index in [4.69, 9.17) is 28.4 Å². The van der Waals surface area contributed by atoms with Crippen LogP contribution in [0.2, 0.25) is 0 Å². The number of hydrogen-bond acceptors (Lipinski definition) is 15. The number of allylic oxidation sites excluding steroid dienone is 8. The maximum Gasteiger partial charge on any atom is 0.306 e. The Labute approximate surface area is 382 Å². The van der Waals surface area contributed by atoms with E-state index in [9.17, 15) is 45.3 Å². The molecular weight excluding hydrogens is 829 g/mol. The summed E-state index contributed by atoms with van der Waals surface area (Å²) in [6.45, 7) is 2.40. The molecule has 15 heteroatoms. The molecule has 0 aromatic heterocycles. The molecule has 370 valence electrons. The lowest BCUT2D eigenvalue weighted by Crippen LogP contribution is -2.61. The Hall–Kier alpha value is -2.54. The van der Waals surface area contributed by atoms with Gasteiger partial charge in [0.25, 0.3) is 0 Å². The van der Waals surface area contributed by atoms with Gasteiger partial charge in [0.05, 0.1) is 19.8 Å². The number of carbonyl (C=O) groups excluding carboxylic acids is 2. The van der Waals surface area contributed by atoms with E-state index in [2.05, 4.69) is 62.5 Å². The van der Waals surface area contributed by atoms with E-state index in [1.54, 1.807) is 0 Å². The lowest BCUT2D eigenvalue weighted by Gasteiger charge is -2.42. The van der Waals surface area contributed by atoms with E-state index < -0.39 is 92.7 Å². The second-order valence-electron chi connectivity index (χ2n) is 16.9. The van der Waals surface area contributed by atoms with Crippen LogP contribution in [0.5, 0.6) is 0 Å². The van der Waals surface area contributed by atoms with Gasteiger partial charge < -0.3 is 64.2 Å². The molecule has 2 fully saturated rings. The Morgan fingerprint density at radius 2 is 0.984 bits per heavy atom. The molecule has 7 N–H and O–H groups in total. The first-order valence-electron chi connectivity index (χ1n) is 24.2. The fraction of sp³-hybridized carbons (Fsp3) is 0.796. The molecule has 0 bridgehead atoms. The smallest absolute Gasteiger partial charge is 0.306 e. The van der Waals surface area contributed by atoms with Gasteiger partial charge in [-0.2, -0.15) is 0 Å². The zero-order chi connectivity index (χ0) is 46.8. The second-order valence-corrected chi connectivity index (χ2v) is 16.9. The summed E-state index contributed by atoms with van der Waals surface area (Å²) in [4.78, 5) is 25.5. The van der Waals surface area contributed by atoms with E-state index in [0.717, 1.165) is 83.5 Å². The van der Waals surface area contributed by atoms with E-state index in [-0.39, 0.29) is 26.1 Å². The molecule has 11 atom stereocenters. The van der Waals surface area contributed by atoms with Crippen molar-refractivity contribution in [3.05, 3.63) is 48.6 Å². The molecule has 0 spiro atoms. The summed E-state index contributed by atoms with van der Waals surface area (Å²) in [5, 5.41) is 71.8. The van der Waals surface area contributed by atoms with Crippen molar-refractivity contribution in [2.24, 2.45) is 0 Å². The summed E-state index contributed by atoms with van der Waals surface area (Å²) in [5.41, 5.74) is 0. The van der Waals surface area contributed by atoms with Gasteiger partial charge >= 0.3 is 11.9 Å². The predicted octanol–water partition coefficient (Wildman–Crippen LogP) is 5.93. The summed E-state index contributed by atoms with van der Waals surface area (Å²) in [7, 11) is 0. The average molecular weight is 913 g/mol. The van der Waals surface area contributed by atoms with Gasteiger partial charge in [-0.05, 0) is 51.4 Å². The summed E-state index contributed by atoms with van der Waals surface area (Å²) >= 11 is 0. The van der Waals surface area contributed by atoms with Gasteiger partial charge in [0.15, 0.2) is 18.7 Å². The van der Waals surface area contributed by atoms with Crippen molar-refractivity contribution in [2.75, 3.05) is 26.4 Å². The number of carbonyl (C=O) groups is 2. The topological polar surface area (TPSA) is 231 Å². The minimum Gasteiger partial charge on any atom is -0.462 e. The molecule has 0 amide bonds. The van der Waals surface area contributed by atoms with Crippen LogP contribution in [0.1, 0.15) is 155 Å². The molecule has 2 rings (SSSR count). The summed E-state index contributed by atoms with van der Waals surface area (Å²) < 4.78 is 33.4. The molecule has 15 nitrogen and oxygen atoms in total. The largest absolute Gasteiger partial charge is 0.462 e. The number of hydrogen-bond donors (Lipinski definition) is 7. The first-order chi connectivity index (χ1) is 31.0. The maximum absolute atomic E-state index is 12.9. The number of esters is 2. The Morgan fingerprint density at radius 1 is 0.516 bits per heavy atom. The SMILES string of the molecule is CC/C=C\C/C=C\C/C=C\C/C=C\CCCCCCCCCCC(=O)OC(COC(=O)CCCCCCCCC)COC1OC(COC2OC(CO)C(O)C(O)C2O)C(O)C(O)C1O. The molecule has 0 aromatic rings. The number of aliphatic hydroxyl groups excluding tert-OH is 7. The lowest BCUT2D eigenvalue weighted by atomic mass is 9.98. The van der Waals surface area contributed by atoms with Crippen LogP contribution in [-0.2, 0) is 38.0 Å². The van der Waals surface area contributed by atoms with Crippen LogP contribution in [0.25, 0.3) is 0 Å². The number of unbranched alkanes of at least 4 members (excludes halogenated alkanes) is 14. The van der Waals surface area contributed by atoms with Gasteiger partial charge in [0.2, 0.25) is 0 Å². The molecular formula is C49H84O15. The van der Waals surface area contributed by atoms with Gasteiger partial charge in [0, 0.05) is 12.8 Å². The third kappa shape index (κ3) is 24.8. The van der Waals surface area contributed by atoms with Crippen LogP contribution in [0, 0.1) is 0 Å². The Bertz CT molecular complexity index is 1300. The standard InChI is InChI=1S/C49H84O15/c1-3-5-7-9-11-12-13-14-15-16-17-18-19-20-21-22-23-24-26-28-30-32-41(52)62-37(34-59-40(51)31-29-27-25-10-8-6-4-2)35-60-48-47(58)45(56)43(54)39(64-48)36-61-49-46(57)44(55)42(53)38(33-50)63-49/h5,7,11-12,14-15,17-18,37-39,42-50,53-58H,3-4,6,8-10,13,16,19-36H2,1-2H3/b7-5-,12-11-,15-14-,18-17-. The van der Waals surface area contributed by atoms with Crippen molar-refractivity contribution >= 4 is 11.9 Å². The molecule has 2 aliphatic heterocycles. The lowest BCUT2D eigenvalue weighted by molar-refractivity contribution is -0.332. The molecule has 2 aliphatic rings. The Kier molecular flexibility index (Phi) is 32.9. The third-order valence-corrected chi connectivity index (χ3v) is 11.3. The van der Waals surface area contributed by atoms with Crippen molar-refractivity contribution in [1.29, 1.82) is 0 Å².